The highest BCUT2D eigenvalue weighted by Gasteiger charge is 2.21. The highest BCUT2D eigenvalue weighted by molar-refractivity contribution is 5.91. The van der Waals surface area contributed by atoms with Crippen molar-refractivity contribution in [1.82, 2.24) is 0 Å². The highest BCUT2D eigenvalue weighted by atomic mass is 16.5. The molecular formula is C15H20O4. The van der Waals surface area contributed by atoms with Crippen molar-refractivity contribution in [2.24, 2.45) is 5.41 Å². The predicted octanol–water partition coefficient (Wildman–Crippen LogP) is 3.22. The van der Waals surface area contributed by atoms with Gasteiger partial charge in [-0.05, 0) is 28.7 Å². The second-order valence-corrected chi connectivity index (χ2v) is 5.22. The molecule has 1 N–H and O–H groups in total. The first-order valence-electron chi connectivity index (χ1n) is 5.97. The number of benzene rings is 1. The molecule has 0 fully saturated rings. The Morgan fingerprint density at radius 3 is 2.16 bits per heavy atom. The fourth-order valence-electron chi connectivity index (χ4n) is 1.86. The number of ether oxygens (including phenoxy) is 2. The molecule has 0 spiro atoms. The molecule has 0 atom stereocenters. The fourth-order valence-corrected chi connectivity index (χ4v) is 1.86. The maximum atomic E-state index is 11.0. The molecule has 0 saturated carbocycles. The summed E-state index contributed by atoms with van der Waals surface area (Å²) in [4.78, 5) is 11.0. The molecular weight excluding hydrogens is 244 g/mol. The molecule has 19 heavy (non-hydrogen) atoms. The molecule has 1 aromatic carbocycles. The van der Waals surface area contributed by atoms with E-state index in [0.717, 1.165) is 11.1 Å². The van der Waals surface area contributed by atoms with Crippen molar-refractivity contribution in [3.8, 4) is 11.5 Å². The topological polar surface area (TPSA) is 55.8 Å². The van der Waals surface area contributed by atoms with Crippen LogP contribution in [0.2, 0.25) is 0 Å². The molecule has 0 amide bonds. The van der Waals surface area contributed by atoms with Gasteiger partial charge in [-0.25, -0.2) is 4.79 Å². The van der Waals surface area contributed by atoms with E-state index in [0.29, 0.717) is 11.5 Å². The van der Waals surface area contributed by atoms with Gasteiger partial charge >= 0.3 is 5.97 Å². The Morgan fingerprint density at radius 1 is 1.16 bits per heavy atom. The molecule has 0 heterocycles. The molecule has 104 valence electrons. The molecule has 0 aliphatic carbocycles. The third-order valence-corrected chi connectivity index (χ3v) is 2.77. The lowest BCUT2D eigenvalue weighted by atomic mass is 9.82. The Balaban J connectivity index is 3.36. The van der Waals surface area contributed by atoms with Crippen LogP contribution < -0.4 is 9.47 Å². The second-order valence-electron chi connectivity index (χ2n) is 5.22. The number of rotatable bonds is 4. The summed E-state index contributed by atoms with van der Waals surface area (Å²) in [6, 6.07) is 5.40. The molecule has 0 bridgehead atoms. The molecule has 0 aromatic heterocycles. The van der Waals surface area contributed by atoms with Crippen LogP contribution in [-0.4, -0.2) is 25.3 Å². The van der Waals surface area contributed by atoms with Gasteiger partial charge in [-0.1, -0.05) is 26.8 Å². The lowest BCUT2D eigenvalue weighted by Crippen LogP contribution is -2.10. The minimum atomic E-state index is -0.959. The predicted molar refractivity (Wildman–Crippen MR) is 74.6 cm³/mol. The smallest absolute Gasteiger partial charge is 0.328 e. The van der Waals surface area contributed by atoms with Crippen molar-refractivity contribution in [2.45, 2.75) is 20.8 Å². The number of hydrogen-bond acceptors (Lipinski definition) is 3. The van der Waals surface area contributed by atoms with Crippen molar-refractivity contribution in [2.75, 3.05) is 14.2 Å². The van der Waals surface area contributed by atoms with E-state index < -0.39 is 5.97 Å². The average molecular weight is 264 g/mol. The molecule has 0 aliphatic rings. The number of carboxylic acids is 1. The maximum absolute atomic E-state index is 11.0. The van der Waals surface area contributed by atoms with Crippen LogP contribution in [0.5, 0.6) is 11.5 Å². The van der Waals surface area contributed by atoms with Gasteiger partial charge in [-0.3, -0.25) is 0 Å². The van der Waals surface area contributed by atoms with Gasteiger partial charge in [0.25, 0.3) is 0 Å². The minimum absolute atomic E-state index is 0.280. The zero-order chi connectivity index (χ0) is 14.6. The van der Waals surface area contributed by atoms with E-state index in [1.165, 1.54) is 6.08 Å². The number of hydrogen-bond donors (Lipinski definition) is 1. The van der Waals surface area contributed by atoms with Crippen LogP contribution >= 0.6 is 0 Å². The SMILES string of the molecule is COc1ccc(/C(=C/C(=O)O)C(C)(C)C)cc1OC. The standard InChI is InChI=1S/C15H20O4/c1-15(2,3)11(9-14(16)17)10-6-7-12(18-4)13(8-10)19-5/h6-9H,1-5H3,(H,16,17)/b11-9-. The average Bonchev–Trinajstić information content (AvgIpc) is 2.33. The van der Waals surface area contributed by atoms with Crippen LogP contribution in [0.25, 0.3) is 5.57 Å². The second kappa shape index (κ2) is 5.78. The summed E-state index contributed by atoms with van der Waals surface area (Å²) >= 11 is 0. The van der Waals surface area contributed by atoms with E-state index in [1.54, 1.807) is 26.4 Å². The molecule has 1 aromatic rings. The van der Waals surface area contributed by atoms with E-state index in [1.807, 2.05) is 26.8 Å². The summed E-state index contributed by atoms with van der Waals surface area (Å²) in [7, 11) is 3.12. The Bertz CT molecular complexity index is 495. The molecule has 0 unspecified atom stereocenters. The fraction of sp³-hybridized carbons (Fsp3) is 0.400. The summed E-state index contributed by atoms with van der Waals surface area (Å²) in [6.45, 7) is 5.91. The van der Waals surface area contributed by atoms with E-state index in [2.05, 4.69) is 0 Å². The van der Waals surface area contributed by atoms with E-state index in [4.69, 9.17) is 14.6 Å². The van der Waals surface area contributed by atoms with Crippen molar-refractivity contribution >= 4 is 11.5 Å². The molecule has 0 aliphatic heterocycles. The highest BCUT2D eigenvalue weighted by Crippen LogP contribution is 2.37. The Labute approximate surface area is 113 Å². The van der Waals surface area contributed by atoms with Crippen LogP contribution in [0.1, 0.15) is 26.3 Å². The first-order valence-corrected chi connectivity index (χ1v) is 5.97. The number of carbonyl (C=O) groups is 1. The van der Waals surface area contributed by atoms with E-state index in [9.17, 15) is 4.79 Å². The lowest BCUT2D eigenvalue weighted by molar-refractivity contribution is -0.131. The van der Waals surface area contributed by atoms with Gasteiger partial charge in [0.15, 0.2) is 11.5 Å². The molecule has 0 saturated heterocycles. The molecule has 1 rings (SSSR count). The zero-order valence-corrected chi connectivity index (χ0v) is 12.0. The van der Waals surface area contributed by atoms with Crippen LogP contribution in [0.15, 0.2) is 24.3 Å². The number of carboxylic acid groups (broad SMARTS) is 1. The molecule has 4 heteroatoms. The summed E-state index contributed by atoms with van der Waals surface area (Å²) in [5.41, 5.74) is 1.27. The third-order valence-electron chi connectivity index (χ3n) is 2.77. The van der Waals surface area contributed by atoms with Crippen LogP contribution in [-0.2, 0) is 4.79 Å². The number of allylic oxidation sites excluding steroid dienone is 1. The van der Waals surface area contributed by atoms with Crippen molar-refractivity contribution in [3.63, 3.8) is 0 Å². The van der Waals surface area contributed by atoms with Gasteiger partial charge in [-0.2, -0.15) is 0 Å². The van der Waals surface area contributed by atoms with Gasteiger partial charge in [0.2, 0.25) is 0 Å². The van der Waals surface area contributed by atoms with Gasteiger partial charge < -0.3 is 14.6 Å². The maximum Gasteiger partial charge on any atom is 0.328 e. The first-order chi connectivity index (χ1) is 8.79. The lowest BCUT2D eigenvalue weighted by Gasteiger charge is -2.23. The molecule has 0 radical (unpaired) electrons. The zero-order valence-electron chi connectivity index (χ0n) is 12.0. The summed E-state index contributed by atoms with van der Waals surface area (Å²) in [6.07, 6.45) is 1.24. The van der Waals surface area contributed by atoms with E-state index >= 15 is 0 Å². The Kier molecular flexibility index (Phi) is 4.59. The van der Waals surface area contributed by atoms with Crippen molar-refractivity contribution in [1.29, 1.82) is 0 Å². The summed E-state index contributed by atoms with van der Waals surface area (Å²) in [5, 5.41) is 9.00. The Morgan fingerprint density at radius 2 is 1.74 bits per heavy atom. The quantitative estimate of drug-likeness (QED) is 0.848. The van der Waals surface area contributed by atoms with Gasteiger partial charge in [-0.15, -0.1) is 0 Å². The molecule has 4 nitrogen and oxygen atoms in total. The van der Waals surface area contributed by atoms with Crippen LogP contribution in [0.4, 0.5) is 0 Å². The number of aliphatic carboxylic acids is 1. The van der Waals surface area contributed by atoms with Gasteiger partial charge in [0.05, 0.1) is 14.2 Å². The summed E-state index contributed by atoms with van der Waals surface area (Å²) < 4.78 is 10.4. The minimum Gasteiger partial charge on any atom is -0.493 e. The van der Waals surface area contributed by atoms with Crippen LogP contribution in [0, 0.1) is 5.41 Å². The number of methoxy groups -OCH3 is 2. The Hall–Kier alpha value is -1.97. The van der Waals surface area contributed by atoms with Gasteiger partial charge in [0, 0.05) is 6.08 Å². The summed E-state index contributed by atoms with van der Waals surface area (Å²) in [5.74, 6) is 0.245. The van der Waals surface area contributed by atoms with E-state index in [-0.39, 0.29) is 5.41 Å². The van der Waals surface area contributed by atoms with Gasteiger partial charge in [0.1, 0.15) is 0 Å². The monoisotopic (exact) mass is 264 g/mol. The normalized spacial score (nSPS) is 12.2. The van der Waals surface area contributed by atoms with Crippen molar-refractivity contribution in [3.05, 3.63) is 29.8 Å². The largest absolute Gasteiger partial charge is 0.493 e. The first kappa shape index (κ1) is 15.1. The third kappa shape index (κ3) is 3.74. The van der Waals surface area contributed by atoms with Crippen LogP contribution in [0.3, 0.4) is 0 Å². The van der Waals surface area contributed by atoms with Crippen molar-refractivity contribution < 1.29 is 19.4 Å².